The minimum absolute atomic E-state index is 0.258. The molecular formula is C30H46O2. The van der Waals surface area contributed by atoms with Gasteiger partial charge in [-0.25, -0.2) is 0 Å². The highest BCUT2D eigenvalue weighted by molar-refractivity contribution is 5.21. The molecule has 4 unspecified atom stereocenters. The molecule has 32 heavy (non-hydrogen) atoms. The van der Waals surface area contributed by atoms with Crippen molar-refractivity contribution in [2.75, 3.05) is 0 Å². The first kappa shape index (κ1) is 26.3. The van der Waals surface area contributed by atoms with E-state index in [0.29, 0.717) is 0 Å². The van der Waals surface area contributed by atoms with Gasteiger partial charge in [0, 0.05) is 0 Å². The third-order valence-electron chi connectivity index (χ3n) is 6.57. The average Bonchev–Trinajstić information content (AvgIpc) is 2.81. The van der Waals surface area contributed by atoms with Crippen LogP contribution >= 0.6 is 0 Å². The zero-order valence-corrected chi connectivity index (χ0v) is 21.0. The van der Waals surface area contributed by atoms with E-state index in [4.69, 9.17) is 9.47 Å². The lowest BCUT2D eigenvalue weighted by molar-refractivity contribution is 0.155. The Morgan fingerprint density at radius 3 is 1.25 bits per heavy atom. The van der Waals surface area contributed by atoms with Crippen LogP contribution in [0.5, 0.6) is 11.5 Å². The van der Waals surface area contributed by atoms with Gasteiger partial charge in [-0.15, -0.1) is 0 Å². The highest BCUT2D eigenvalue weighted by atomic mass is 16.5. The van der Waals surface area contributed by atoms with Gasteiger partial charge in [0.15, 0.2) is 0 Å². The zero-order valence-electron chi connectivity index (χ0n) is 21.0. The molecule has 0 spiro atoms. The molecule has 2 aromatic rings. The number of benzene rings is 2. The fourth-order valence-corrected chi connectivity index (χ4v) is 4.64. The third kappa shape index (κ3) is 10.6. The summed E-state index contributed by atoms with van der Waals surface area (Å²) >= 11 is 0. The topological polar surface area (TPSA) is 18.5 Å². The van der Waals surface area contributed by atoms with Gasteiger partial charge < -0.3 is 9.47 Å². The SMILES string of the molecule is CCCCC(CCC(C)Oc1ccccc1)C(CCCC)CCC(C)Oc1ccccc1. The zero-order chi connectivity index (χ0) is 23.0. The summed E-state index contributed by atoms with van der Waals surface area (Å²) < 4.78 is 12.3. The maximum Gasteiger partial charge on any atom is 0.119 e. The molecule has 0 heterocycles. The molecule has 0 N–H and O–H groups in total. The lowest BCUT2D eigenvalue weighted by Crippen LogP contribution is -2.22. The van der Waals surface area contributed by atoms with E-state index in [1.54, 1.807) is 0 Å². The number of para-hydroxylation sites is 2. The van der Waals surface area contributed by atoms with E-state index in [1.165, 1.54) is 51.4 Å². The Balaban J connectivity index is 1.91. The maximum absolute atomic E-state index is 6.17. The first-order valence-corrected chi connectivity index (χ1v) is 13.1. The van der Waals surface area contributed by atoms with Crippen LogP contribution in [0.3, 0.4) is 0 Å². The van der Waals surface area contributed by atoms with Crippen molar-refractivity contribution in [3.63, 3.8) is 0 Å². The Hall–Kier alpha value is -1.96. The molecule has 2 aromatic carbocycles. The van der Waals surface area contributed by atoms with E-state index in [1.807, 2.05) is 36.4 Å². The Labute approximate surface area is 197 Å². The van der Waals surface area contributed by atoms with E-state index < -0.39 is 0 Å². The molecule has 2 rings (SSSR count). The fraction of sp³-hybridized carbons (Fsp3) is 0.600. The Morgan fingerprint density at radius 2 is 0.906 bits per heavy atom. The molecule has 0 aliphatic carbocycles. The molecule has 0 saturated heterocycles. The van der Waals surface area contributed by atoms with Crippen LogP contribution in [-0.2, 0) is 0 Å². The second kappa shape index (κ2) is 15.8. The lowest BCUT2D eigenvalue weighted by atomic mass is 9.78. The summed E-state index contributed by atoms with van der Waals surface area (Å²) in [6.07, 6.45) is 13.2. The highest BCUT2D eigenvalue weighted by Crippen LogP contribution is 2.33. The van der Waals surface area contributed by atoms with Crippen LogP contribution in [0.2, 0.25) is 0 Å². The minimum atomic E-state index is 0.258. The molecule has 2 nitrogen and oxygen atoms in total. The fourth-order valence-electron chi connectivity index (χ4n) is 4.64. The van der Waals surface area contributed by atoms with Crippen LogP contribution in [0.25, 0.3) is 0 Å². The van der Waals surface area contributed by atoms with Gasteiger partial charge in [0.25, 0.3) is 0 Å². The van der Waals surface area contributed by atoms with Gasteiger partial charge >= 0.3 is 0 Å². The Morgan fingerprint density at radius 1 is 0.531 bits per heavy atom. The molecule has 0 radical (unpaired) electrons. The third-order valence-corrected chi connectivity index (χ3v) is 6.57. The van der Waals surface area contributed by atoms with Gasteiger partial charge in [-0.1, -0.05) is 88.8 Å². The summed E-state index contributed by atoms with van der Waals surface area (Å²) in [7, 11) is 0. The van der Waals surface area contributed by atoms with Gasteiger partial charge in [0.2, 0.25) is 0 Å². The predicted octanol–water partition coefficient (Wildman–Crippen LogP) is 9.09. The smallest absolute Gasteiger partial charge is 0.119 e. The minimum Gasteiger partial charge on any atom is -0.491 e. The van der Waals surface area contributed by atoms with Crippen molar-refractivity contribution in [1.82, 2.24) is 0 Å². The first-order chi connectivity index (χ1) is 15.6. The molecule has 0 aromatic heterocycles. The van der Waals surface area contributed by atoms with Crippen LogP contribution in [-0.4, -0.2) is 12.2 Å². The van der Waals surface area contributed by atoms with Crippen molar-refractivity contribution in [2.45, 2.75) is 104 Å². The van der Waals surface area contributed by atoms with Crippen LogP contribution in [0.4, 0.5) is 0 Å². The lowest BCUT2D eigenvalue weighted by Gasteiger charge is -2.29. The van der Waals surface area contributed by atoms with Crippen LogP contribution in [0, 0.1) is 11.8 Å². The molecule has 0 fully saturated rings. The Bertz CT molecular complexity index is 623. The molecular weight excluding hydrogens is 392 g/mol. The van der Waals surface area contributed by atoms with Gasteiger partial charge in [-0.05, 0) is 75.6 Å². The maximum atomic E-state index is 6.17. The molecule has 0 aliphatic rings. The number of ether oxygens (including phenoxy) is 2. The van der Waals surface area contributed by atoms with Crippen LogP contribution < -0.4 is 9.47 Å². The van der Waals surface area contributed by atoms with Crippen molar-refractivity contribution in [1.29, 1.82) is 0 Å². The second-order valence-electron chi connectivity index (χ2n) is 9.44. The molecule has 2 heteroatoms. The number of hydrogen-bond donors (Lipinski definition) is 0. The summed E-state index contributed by atoms with van der Waals surface area (Å²) in [4.78, 5) is 0. The number of unbranched alkanes of at least 4 members (excludes halogenated alkanes) is 2. The first-order valence-electron chi connectivity index (χ1n) is 13.1. The van der Waals surface area contributed by atoms with Crippen LogP contribution in [0.15, 0.2) is 60.7 Å². The summed E-state index contributed by atoms with van der Waals surface area (Å²) in [5.41, 5.74) is 0. The van der Waals surface area contributed by atoms with Crippen molar-refractivity contribution in [2.24, 2.45) is 11.8 Å². The highest BCUT2D eigenvalue weighted by Gasteiger charge is 2.23. The quantitative estimate of drug-likeness (QED) is 0.245. The van der Waals surface area contributed by atoms with Crippen molar-refractivity contribution in [3.8, 4) is 11.5 Å². The normalized spacial score (nSPS) is 15.0. The molecule has 0 bridgehead atoms. The molecule has 178 valence electrons. The summed E-state index contributed by atoms with van der Waals surface area (Å²) in [5.74, 6) is 3.54. The standard InChI is InChI=1S/C30H46O2/c1-5-7-15-27(23-21-25(3)31-29-17-11-9-12-18-29)28(16-8-6-2)24-22-26(4)32-30-19-13-10-14-20-30/h9-14,17-20,25-28H,5-8,15-16,21-24H2,1-4H3. The van der Waals surface area contributed by atoms with Crippen molar-refractivity contribution >= 4 is 0 Å². The van der Waals surface area contributed by atoms with E-state index in [0.717, 1.165) is 36.2 Å². The molecule has 0 amide bonds. The Kier molecular flexibility index (Phi) is 13.0. The summed E-state index contributed by atoms with van der Waals surface area (Å²) in [5, 5.41) is 0. The van der Waals surface area contributed by atoms with Gasteiger partial charge in [-0.3, -0.25) is 0 Å². The summed E-state index contributed by atoms with van der Waals surface area (Å²) in [6, 6.07) is 20.5. The van der Waals surface area contributed by atoms with Crippen LogP contribution in [0.1, 0.15) is 91.9 Å². The van der Waals surface area contributed by atoms with Crippen molar-refractivity contribution in [3.05, 3.63) is 60.7 Å². The number of rotatable bonds is 17. The van der Waals surface area contributed by atoms with Gasteiger partial charge in [0.1, 0.15) is 11.5 Å². The largest absolute Gasteiger partial charge is 0.491 e. The van der Waals surface area contributed by atoms with Gasteiger partial charge in [-0.2, -0.15) is 0 Å². The molecule has 4 atom stereocenters. The van der Waals surface area contributed by atoms with Crippen molar-refractivity contribution < 1.29 is 9.47 Å². The number of hydrogen-bond acceptors (Lipinski definition) is 2. The van der Waals surface area contributed by atoms with E-state index in [-0.39, 0.29) is 12.2 Å². The monoisotopic (exact) mass is 438 g/mol. The summed E-state index contributed by atoms with van der Waals surface area (Å²) in [6.45, 7) is 9.07. The van der Waals surface area contributed by atoms with Gasteiger partial charge in [0.05, 0.1) is 12.2 Å². The van der Waals surface area contributed by atoms with E-state index >= 15 is 0 Å². The molecule has 0 saturated carbocycles. The van der Waals surface area contributed by atoms with E-state index in [2.05, 4.69) is 52.0 Å². The average molecular weight is 439 g/mol. The second-order valence-corrected chi connectivity index (χ2v) is 9.44. The van der Waals surface area contributed by atoms with E-state index in [9.17, 15) is 0 Å². The molecule has 0 aliphatic heterocycles. The predicted molar refractivity (Wildman–Crippen MR) is 138 cm³/mol.